The molecule has 9 nitrogen and oxygen atoms in total. The summed E-state index contributed by atoms with van der Waals surface area (Å²) < 4.78 is 1.31. The maximum absolute atomic E-state index is 13.1. The van der Waals surface area contributed by atoms with Gasteiger partial charge in [0, 0.05) is 71.8 Å². The average Bonchev–Trinajstić information content (AvgIpc) is 3.23. The van der Waals surface area contributed by atoms with Gasteiger partial charge in [-0.05, 0) is 36.5 Å². The van der Waals surface area contributed by atoms with Gasteiger partial charge in [0.2, 0.25) is 17.3 Å². The summed E-state index contributed by atoms with van der Waals surface area (Å²) in [6, 6.07) is 13.3. The summed E-state index contributed by atoms with van der Waals surface area (Å²) in [5.41, 5.74) is 4.56. The van der Waals surface area contributed by atoms with Crippen LogP contribution in [0.1, 0.15) is 64.9 Å². The van der Waals surface area contributed by atoms with Crippen molar-refractivity contribution in [1.82, 2.24) is 14.7 Å². The predicted octanol–water partition coefficient (Wildman–Crippen LogP) is 3.27. The topological polar surface area (TPSA) is 97.4 Å². The zero-order chi connectivity index (χ0) is 27.0. The number of aryl methyl sites for hydroxylation is 1. The molecule has 0 saturated carbocycles. The van der Waals surface area contributed by atoms with Crippen LogP contribution in [0.25, 0.3) is 0 Å². The lowest BCUT2D eigenvalue weighted by Gasteiger charge is -2.36. The first-order chi connectivity index (χ1) is 18.1. The van der Waals surface area contributed by atoms with Gasteiger partial charge in [-0.15, -0.1) is 4.68 Å². The molecule has 1 N–H and O–H groups in total. The third kappa shape index (κ3) is 5.15. The zero-order valence-electron chi connectivity index (χ0n) is 22.7. The predicted molar refractivity (Wildman–Crippen MR) is 147 cm³/mol. The number of hydrogen-bond acceptors (Lipinski definition) is 7. The lowest BCUT2D eigenvalue weighted by Crippen LogP contribution is -2.47. The quantitative estimate of drug-likeness (QED) is 0.297. The van der Waals surface area contributed by atoms with Gasteiger partial charge >= 0.3 is 0 Å². The third-order valence-corrected chi connectivity index (χ3v) is 7.33. The number of benzene rings is 2. The third-order valence-electron chi connectivity index (χ3n) is 7.33. The minimum atomic E-state index is -0.373. The SMILES string of the molecule is Cc1ccc(N2CCN(CCCn3c4c(n[n+]3[O-])C(=O)c3ccccc3C4=O)CC2)cc1NCC(C)(C)C. The van der Waals surface area contributed by atoms with E-state index in [-0.39, 0.29) is 28.4 Å². The van der Waals surface area contributed by atoms with E-state index in [1.165, 1.54) is 21.6 Å². The van der Waals surface area contributed by atoms with Crippen molar-refractivity contribution < 1.29 is 14.5 Å². The van der Waals surface area contributed by atoms with Crippen LogP contribution in [0.2, 0.25) is 0 Å². The lowest BCUT2D eigenvalue weighted by molar-refractivity contribution is -0.749. The van der Waals surface area contributed by atoms with Crippen molar-refractivity contribution in [1.29, 1.82) is 0 Å². The number of carbonyl (C=O) groups is 2. The Balaban J connectivity index is 1.17. The molecular formula is C29H36N6O3. The van der Waals surface area contributed by atoms with Gasteiger partial charge < -0.3 is 15.4 Å². The average molecular weight is 517 g/mol. The number of hydrogen-bond donors (Lipinski definition) is 1. The Morgan fingerprint density at radius 2 is 1.66 bits per heavy atom. The molecule has 38 heavy (non-hydrogen) atoms. The maximum Gasteiger partial charge on any atom is 0.220 e. The van der Waals surface area contributed by atoms with Crippen molar-refractivity contribution >= 4 is 22.9 Å². The van der Waals surface area contributed by atoms with Gasteiger partial charge in [-0.2, -0.15) is 0 Å². The second kappa shape index (κ2) is 10.2. The minimum absolute atomic E-state index is 0.0493. The summed E-state index contributed by atoms with van der Waals surface area (Å²) in [6.45, 7) is 14.6. The standard InChI is InChI=1S/C29H36N6O3/c1-20-10-11-21(18-24(20)30-19-29(2,3)4)33-16-14-32(15-17-33)12-7-13-34-26-25(31-35(34)38)27(36)22-8-5-6-9-23(22)28(26)37/h5-6,8-11,18,30H,7,12-17,19H2,1-4H3. The molecule has 2 aromatic carbocycles. The van der Waals surface area contributed by atoms with Crippen LogP contribution in [0.4, 0.5) is 11.4 Å². The number of aromatic nitrogens is 3. The van der Waals surface area contributed by atoms with Gasteiger partial charge in [-0.3, -0.25) is 14.5 Å². The molecule has 1 saturated heterocycles. The van der Waals surface area contributed by atoms with Crippen LogP contribution in [0.15, 0.2) is 42.5 Å². The number of nitrogens with one attached hydrogen (secondary N) is 1. The van der Waals surface area contributed by atoms with Crippen molar-refractivity contribution in [3.63, 3.8) is 0 Å². The van der Waals surface area contributed by atoms with E-state index in [1.54, 1.807) is 24.3 Å². The van der Waals surface area contributed by atoms with Crippen LogP contribution in [-0.2, 0) is 6.54 Å². The molecule has 0 atom stereocenters. The van der Waals surface area contributed by atoms with Gasteiger partial charge in [-0.1, -0.05) is 51.1 Å². The van der Waals surface area contributed by atoms with Crippen LogP contribution in [-0.4, -0.2) is 65.5 Å². The second-order valence-corrected chi connectivity index (χ2v) is 11.5. The first-order valence-corrected chi connectivity index (χ1v) is 13.3. The number of fused-ring (bicyclic) bond motifs is 2. The molecule has 0 unspecified atom stereocenters. The van der Waals surface area contributed by atoms with Gasteiger partial charge in [0.1, 0.15) is 0 Å². The Morgan fingerprint density at radius 1 is 0.974 bits per heavy atom. The number of ketones is 2. The molecule has 1 aromatic heterocycles. The highest BCUT2D eigenvalue weighted by Gasteiger charge is 2.39. The molecule has 1 aliphatic carbocycles. The fraction of sp³-hybridized carbons (Fsp3) is 0.448. The highest BCUT2D eigenvalue weighted by Crippen LogP contribution is 2.27. The number of rotatable bonds is 7. The zero-order valence-corrected chi connectivity index (χ0v) is 22.7. The van der Waals surface area contributed by atoms with Crippen LogP contribution < -0.4 is 15.2 Å². The Morgan fingerprint density at radius 3 is 2.34 bits per heavy atom. The number of nitrogens with zero attached hydrogens (tertiary/aromatic N) is 5. The summed E-state index contributed by atoms with van der Waals surface area (Å²) >= 11 is 0. The summed E-state index contributed by atoms with van der Waals surface area (Å²) in [5, 5.41) is 20.0. The molecule has 3 aromatic rings. The van der Waals surface area contributed by atoms with E-state index in [0.717, 1.165) is 39.3 Å². The van der Waals surface area contributed by atoms with E-state index < -0.39 is 0 Å². The highest BCUT2D eigenvalue weighted by molar-refractivity contribution is 6.26. The van der Waals surface area contributed by atoms with Crippen LogP contribution >= 0.6 is 0 Å². The molecule has 1 fully saturated rings. The highest BCUT2D eigenvalue weighted by atomic mass is 16.5. The number of carbonyl (C=O) groups excluding carboxylic acids is 2. The molecular weight excluding hydrogens is 480 g/mol. The van der Waals surface area contributed by atoms with Crippen LogP contribution in [0.3, 0.4) is 0 Å². The van der Waals surface area contributed by atoms with E-state index in [2.05, 4.69) is 66.1 Å². The molecule has 5 rings (SSSR count). The Kier molecular flexibility index (Phi) is 6.96. The molecule has 2 heterocycles. The lowest BCUT2D eigenvalue weighted by atomic mass is 9.90. The first kappa shape index (κ1) is 25.9. The van der Waals surface area contributed by atoms with E-state index in [4.69, 9.17) is 0 Å². The molecule has 0 spiro atoms. The molecule has 200 valence electrons. The smallest absolute Gasteiger partial charge is 0.220 e. The Labute approximate surface area is 223 Å². The van der Waals surface area contributed by atoms with E-state index >= 15 is 0 Å². The van der Waals surface area contributed by atoms with Gasteiger partial charge in [0.05, 0.1) is 6.54 Å². The fourth-order valence-corrected chi connectivity index (χ4v) is 5.14. The van der Waals surface area contributed by atoms with E-state index in [0.29, 0.717) is 29.1 Å². The monoisotopic (exact) mass is 516 g/mol. The summed E-state index contributed by atoms with van der Waals surface area (Å²) in [5.74, 6) is -0.692. The van der Waals surface area contributed by atoms with Gasteiger partial charge in [-0.25, -0.2) is 0 Å². The molecule has 1 aliphatic heterocycles. The number of anilines is 2. The van der Waals surface area contributed by atoms with Crippen molar-refractivity contribution in [2.24, 2.45) is 5.41 Å². The van der Waals surface area contributed by atoms with Gasteiger partial charge in [0.15, 0.2) is 5.69 Å². The van der Waals surface area contributed by atoms with Crippen molar-refractivity contribution in [3.05, 3.63) is 75.8 Å². The molecule has 9 heteroatoms. The molecule has 0 bridgehead atoms. The number of piperazine rings is 1. The minimum Gasteiger partial charge on any atom is -0.571 e. The van der Waals surface area contributed by atoms with Crippen LogP contribution in [0, 0.1) is 17.5 Å². The van der Waals surface area contributed by atoms with Crippen molar-refractivity contribution in [2.45, 2.75) is 40.7 Å². The van der Waals surface area contributed by atoms with Crippen LogP contribution in [0.5, 0.6) is 0 Å². The van der Waals surface area contributed by atoms with E-state index in [9.17, 15) is 14.8 Å². The maximum atomic E-state index is 13.1. The summed E-state index contributed by atoms with van der Waals surface area (Å²) in [7, 11) is 0. The molecule has 0 amide bonds. The summed E-state index contributed by atoms with van der Waals surface area (Å²) in [4.78, 5) is 31.1. The van der Waals surface area contributed by atoms with Gasteiger partial charge in [0.25, 0.3) is 0 Å². The van der Waals surface area contributed by atoms with Crippen molar-refractivity contribution in [3.8, 4) is 0 Å². The molecule has 0 radical (unpaired) electrons. The Hall–Kier alpha value is -3.72. The summed E-state index contributed by atoms with van der Waals surface area (Å²) in [6.07, 6.45) is 0.680. The Bertz CT molecular complexity index is 1370. The first-order valence-electron chi connectivity index (χ1n) is 13.3. The van der Waals surface area contributed by atoms with E-state index in [1.807, 2.05) is 0 Å². The molecule has 2 aliphatic rings. The fourth-order valence-electron chi connectivity index (χ4n) is 5.14. The normalized spacial score (nSPS) is 15.9. The second-order valence-electron chi connectivity index (χ2n) is 11.5. The van der Waals surface area contributed by atoms with Crippen molar-refractivity contribution in [2.75, 3.05) is 49.5 Å². The largest absolute Gasteiger partial charge is 0.571 e.